The van der Waals surface area contributed by atoms with Crippen LogP contribution in [0.3, 0.4) is 0 Å². The summed E-state index contributed by atoms with van der Waals surface area (Å²) in [5.74, 6) is 1.54. The van der Waals surface area contributed by atoms with E-state index in [1.165, 1.54) is 5.56 Å². The number of nitrogens with two attached hydrogens (primary N) is 1. The minimum Gasteiger partial charge on any atom is -0.437 e. The highest BCUT2D eigenvalue weighted by Gasteiger charge is 2.17. The van der Waals surface area contributed by atoms with Gasteiger partial charge in [0.2, 0.25) is 5.88 Å². The van der Waals surface area contributed by atoms with Crippen molar-refractivity contribution in [2.24, 2.45) is 5.73 Å². The molecule has 0 spiro atoms. The van der Waals surface area contributed by atoms with E-state index >= 15 is 0 Å². The lowest BCUT2D eigenvalue weighted by Gasteiger charge is -2.10. The molecule has 0 saturated heterocycles. The summed E-state index contributed by atoms with van der Waals surface area (Å²) in [5, 5.41) is 2.02. The smallest absolute Gasteiger partial charge is 0.242 e. The lowest BCUT2D eigenvalue weighted by atomic mass is 10.1. The molecular weight excluding hydrogens is 282 g/mol. The van der Waals surface area contributed by atoms with Crippen LogP contribution in [0, 0.1) is 0 Å². The number of thiazole rings is 1. The summed E-state index contributed by atoms with van der Waals surface area (Å²) in [6.07, 6.45) is 3.69. The highest BCUT2D eigenvalue weighted by molar-refractivity contribution is 7.15. The van der Waals surface area contributed by atoms with Crippen LogP contribution in [-0.2, 0) is 12.8 Å². The van der Waals surface area contributed by atoms with Crippen molar-refractivity contribution in [2.75, 3.05) is 0 Å². The number of nitrogens with zero attached hydrogens (tertiary/aromatic N) is 2. The van der Waals surface area contributed by atoms with Crippen LogP contribution in [0.1, 0.15) is 25.1 Å². The number of aryl methyl sites for hydroxylation is 1. The first-order valence-corrected chi connectivity index (χ1v) is 8.02. The van der Waals surface area contributed by atoms with E-state index in [0.717, 1.165) is 29.2 Å². The second-order valence-electron chi connectivity index (χ2n) is 5.16. The van der Waals surface area contributed by atoms with E-state index in [9.17, 15) is 0 Å². The second-order valence-corrected chi connectivity index (χ2v) is 6.04. The van der Waals surface area contributed by atoms with Crippen LogP contribution in [0.4, 0.5) is 0 Å². The number of benzene rings is 1. The largest absolute Gasteiger partial charge is 0.437 e. The van der Waals surface area contributed by atoms with E-state index in [4.69, 9.17) is 10.5 Å². The molecule has 21 heavy (non-hydrogen) atoms. The number of rotatable bonds is 5. The lowest BCUT2D eigenvalue weighted by molar-refractivity contribution is 0.451. The number of para-hydroxylation sites is 1. The first-order chi connectivity index (χ1) is 10.2. The summed E-state index contributed by atoms with van der Waals surface area (Å²) in [4.78, 5) is 5.54. The quantitative estimate of drug-likeness (QED) is 0.782. The molecule has 110 valence electrons. The zero-order valence-electron chi connectivity index (χ0n) is 12.2. The van der Waals surface area contributed by atoms with E-state index in [0.29, 0.717) is 5.88 Å². The average molecular weight is 301 g/mol. The molecule has 2 aromatic heterocycles. The summed E-state index contributed by atoms with van der Waals surface area (Å²) < 4.78 is 8.16. The lowest BCUT2D eigenvalue weighted by Crippen LogP contribution is -2.19. The van der Waals surface area contributed by atoms with Gasteiger partial charge < -0.3 is 10.5 Å². The molecule has 0 saturated carbocycles. The number of hydrogen-bond donors (Lipinski definition) is 1. The van der Waals surface area contributed by atoms with Gasteiger partial charge in [0.05, 0.1) is 5.69 Å². The van der Waals surface area contributed by atoms with Gasteiger partial charge in [0.25, 0.3) is 0 Å². The molecule has 0 fully saturated rings. The van der Waals surface area contributed by atoms with Crippen molar-refractivity contribution < 1.29 is 4.74 Å². The summed E-state index contributed by atoms with van der Waals surface area (Å²) in [7, 11) is 0. The predicted octanol–water partition coefficient (Wildman–Crippen LogP) is 3.64. The fourth-order valence-electron chi connectivity index (χ4n) is 2.38. The zero-order chi connectivity index (χ0) is 14.8. The fraction of sp³-hybridized carbons (Fsp3) is 0.312. The van der Waals surface area contributed by atoms with Crippen molar-refractivity contribution in [1.82, 2.24) is 9.38 Å². The van der Waals surface area contributed by atoms with Crippen molar-refractivity contribution in [3.63, 3.8) is 0 Å². The Morgan fingerprint density at radius 2 is 2.19 bits per heavy atom. The van der Waals surface area contributed by atoms with Crippen LogP contribution in [-0.4, -0.2) is 15.4 Å². The van der Waals surface area contributed by atoms with Crippen molar-refractivity contribution >= 4 is 16.3 Å². The van der Waals surface area contributed by atoms with Gasteiger partial charge in [-0.2, -0.15) is 4.98 Å². The standard InChI is InChI=1S/C16H19N3OS/c1-3-12-6-4-5-7-14(12)20-15-13(10-11(2)17)19-8-9-21-16(19)18-15/h4-9,11H,3,10,17H2,1-2H3. The molecule has 3 rings (SSSR count). The first-order valence-electron chi connectivity index (χ1n) is 7.14. The van der Waals surface area contributed by atoms with Crippen LogP contribution in [0.5, 0.6) is 11.6 Å². The molecule has 0 bridgehead atoms. The molecule has 1 unspecified atom stereocenters. The molecule has 0 aliphatic carbocycles. The number of fused-ring (bicyclic) bond motifs is 1. The number of imidazole rings is 1. The van der Waals surface area contributed by atoms with Gasteiger partial charge in [0, 0.05) is 24.0 Å². The van der Waals surface area contributed by atoms with Gasteiger partial charge >= 0.3 is 0 Å². The van der Waals surface area contributed by atoms with Gasteiger partial charge in [-0.15, -0.1) is 11.3 Å². The molecule has 2 N–H and O–H groups in total. The fourth-order valence-corrected chi connectivity index (χ4v) is 3.11. The normalized spacial score (nSPS) is 12.7. The highest BCUT2D eigenvalue weighted by Crippen LogP contribution is 2.30. The van der Waals surface area contributed by atoms with Crippen LogP contribution < -0.4 is 10.5 Å². The maximum Gasteiger partial charge on any atom is 0.242 e. The Balaban J connectivity index is 2.01. The molecule has 0 aliphatic rings. The molecule has 1 atom stereocenters. The Kier molecular flexibility index (Phi) is 3.94. The van der Waals surface area contributed by atoms with Crippen LogP contribution in [0.2, 0.25) is 0 Å². The molecule has 5 heteroatoms. The topological polar surface area (TPSA) is 52.5 Å². The third-order valence-electron chi connectivity index (χ3n) is 3.40. The van der Waals surface area contributed by atoms with Gasteiger partial charge in [-0.05, 0) is 25.0 Å². The van der Waals surface area contributed by atoms with Crippen molar-refractivity contribution in [3.8, 4) is 11.6 Å². The van der Waals surface area contributed by atoms with Crippen LogP contribution >= 0.6 is 11.3 Å². The van der Waals surface area contributed by atoms with Gasteiger partial charge in [-0.25, -0.2) is 0 Å². The van der Waals surface area contributed by atoms with E-state index in [2.05, 4.69) is 22.4 Å². The first kappa shape index (κ1) is 14.1. The van der Waals surface area contributed by atoms with Gasteiger partial charge in [-0.1, -0.05) is 25.1 Å². The summed E-state index contributed by atoms with van der Waals surface area (Å²) in [6, 6.07) is 8.15. The van der Waals surface area contributed by atoms with Crippen molar-refractivity contribution in [2.45, 2.75) is 32.7 Å². The Morgan fingerprint density at radius 1 is 1.38 bits per heavy atom. The third kappa shape index (κ3) is 2.80. The summed E-state index contributed by atoms with van der Waals surface area (Å²) in [6.45, 7) is 4.12. The monoisotopic (exact) mass is 301 g/mol. The van der Waals surface area contributed by atoms with Crippen LogP contribution in [0.25, 0.3) is 4.96 Å². The molecule has 2 heterocycles. The number of ether oxygens (including phenoxy) is 1. The maximum atomic E-state index is 6.09. The minimum atomic E-state index is 0.0635. The van der Waals surface area contributed by atoms with E-state index in [1.54, 1.807) is 11.3 Å². The maximum absolute atomic E-state index is 6.09. The Labute approximate surface area is 128 Å². The van der Waals surface area contributed by atoms with Gasteiger partial charge in [0.1, 0.15) is 5.75 Å². The molecule has 3 aromatic rings. The molecule has 0 radical (unpaired) electrons. The van der Waals surface area contributed by atoms with E-state index < -0.39 is 0 Å². The van der Waals surface area contributed by atoms with E-state index in [-0.39, 0.29) is 6.04 Å². The number of aromatic nitrogens is 2. The summed E-state index contributed by atoms with van der Waals surface area (Å²) >= 11 is 1.60. The predicted molar refractivity (Wildman–Crippen MR) is 86.3 cm³/mol. The molecule has 4 nitrogen and oxygen atoms in total. The molecule has 1 aromatic carbocycles. The average Bonchev–Trinajstić information content (AvgIpc) is 3.03. The van der Waals surface area contributed by atoms with Gasteiger partial charge in [-0.3, -0.25) is 4.40 Å². The molecular formula is C16H19N3OS. The Hall–Kier alpha value is -1.85. The Bertz CT molecular complexity index is 745. The SMILES string of the molecule is CCc1ccccc1Oc1nc2sccn2c1CC(C)N. The highest BCUT2D eigenvalue weighted by atomic mass is 32.1. The Morgan fingerprint density at radius 3 is 2.95 bits per heavy atom. The number of hydrogen-bond acceptors (Lipinski definition) is 4. The van der Waals surface area contributed by atoms with E-state index in [1.807, 2.05) is 36.7 Å². The van der Waals surface area contributed by atoms with Crippen molar-refractivity contribution in [1.29, 1.82) is 0 Å². The molecule has 0 aliphatic heterocycles. The molecule has 0 amide bonds. The minimum absolute atomic E-state index is 0.0635. The summed E-state index contributed by atoms with van der Waals surface area (Å²) in [5.41, 5.74) is 8.18. The van der Waals surface area contributed by atoms with Crippen molar-refractivity contribution in [3.05, 3.63) is 47.1 Å². The zero-order valence-corrected chi connectivity index (χ0v) is 13.1. The van der Waals surface area contributed by atoms with Gasteiger partial charge in [0.15, 0.2) is 4.96 Å². The third-order valence-corrected chi connectivity index (χ3v) is 4.16. The van der Waals surface area contributed by atoms with Crippen LogP contribution in [0.15, 0.2) is 35.8 Å². The second kappa shape index (κ2) is 5.87.